The van der Waals surface area contributed by atoms with Crippen molar-refractivity contribution in [2.24, 2.45) is 14.1 Å². The molecular formula is C34H26N2S2. The lowest BCUT2D eigenvalue weighted by Crippen LogP contribution is -1.90. The average Bonchev–Trinajstić information content (AvgIpc) is 3.68. The van der Waals surface area contributed by atoms with Gasteiger partial charge in [0, 0.05) is 45.7 Å². The topological polar surface area (TPSA) is 9.86 Å². The standard InChI is InChI=1S/C34H26N2S2/c1-19-5-11-33(37-19)31-15-23-13-21-7-9-26-25(27(21)17-29(23)35(31)3)10-8-22-14-24-16-32(34-12-6-20(2)38-34)36(4)30(24)18-28(22)26/h5-18H,1-4H3. The van der Waals surface area contributed by atoms with Crippen molar-refractivity contribution in [1.29, 1.82) is 0 Å². The minimum absolute atomic E-state index is 1.28. The van der Waals surface area contributed by atoms with Gasteiger partial charge in [-0.3, -0.25) is 0 Å². The van der Waals surface area contributed by atoms with Crippen molar-refractivity contribution in [2.45, 2.75) is 13.8 Å². The lowest BCUT2D eigenvalue weighted by molar-refractivity contribution is 0.982. The predicted octanol–water partition coefficient (Wildman–Crippen LogP) is 10.2. The van der Waals surface area contributed by atoms with Crippen LogP contribution in [0.3, 0.4) is 0 Å². The molecule has 0 saturated heterocycles. The first-order chi connectivity index (χ1) is 18.4. The summed E-state index contributed by atoms with van der Waals surface area (Å²) in [4.78, 5) is 5.34. The van der Waals surface area contributed by atoms with Gasteiger partial charge >= 0.3 is 0 Å². The lowest BCUT2D eigenvalue weighted by atomic mass is 9.95. The zero-order valence-corrected chi connectivity index (χ0v) is 23.4. The van der Waals surface area contributed by atoms with Crippen LogP contribution < -0.4 is 0 Å². The number of aromatic nitrogens is 2. The summed E-state index contributed by atoms with van der Waals surface area (Å²) in [7, 11) is 4.38. The second-order valence-electron chi connectivity index (χ2n) is 10.5. The van der Waals surface area contributed by atoms with Crippen LogP contribution >= 0.6 is 22.7 Å². The molecule has 0 unspecified atom stereocenters. The molecule has 8 rings (SSSR count). The van der Waals surface area contributed by atoms with Gasteiger partial charge < -0.3 is 9.13 Å². The van der Waals surface area contributed by atoms with Crippen molar-refractivity contribution >= 4 is 76.8 Å². The van der Waals surface area contributed by atoms with Gasteiger partial charge in [-0.15, -0.1) is 22.7 Å². The Hall–Kier alpha value is -3.86. The maximum Gasteiger partial charge on any atom is 0.0590 e. The monoisotopic (exact) mass is 526 g/mol. The molecule has 0 amide bonds. The van der Waals surface area contributed by atoms with Crippen LogP contribution in [-0.2, 0) is 14.1 Å². The largest absolute Gasteiger partial charge is 0.343 e. The number of thiophene rings is 2. The van der Waals surface area contributed by atoms with Gasteiger partial charge in [0.05, 0.1) is 21.1 Å². The van der Waals surface area contributed by atoms with Gasteiger partial charge in [-0.25, -0.2) is 0 Å². The van der Waals surface area contributed by atoms with Crippen molar-refractivity contribution in [1.82, 2.24) is 9.13 Å². The van der Waals surface area contributed by atoms with Gasteiger partial charge in [0.15, 0.2) is 0 Å². The van der Waals surface area contributed by atoms with Crippen molar-refractivity contribution in [3.63, 3.8) is 0 Å². The summed E-state index contributed by atoms with van der Waals surface area (Å²) >= 11 is 3.72. The molecular weight excluding hydrogens is 501 g/mol. The fourth-order valence-electron chi connectivity index (χ4n) is 6.16. The Labute approximate surface area is 229 Å². The number of nitrogens with zero attached hydrogens (tertiary/aromatic N) is 2. The SMILES string of the molecule is Cc1ccc(-c2cc3cc4ccc5c6cc7c(cc(-c8ccc(C)s8)n7C)cc6ccc5c4cc3n2C)s1. The minimum Gasteiger partial charge on any atom is -0.343 e. The Balaban J connectivity index is 1.37. The molecule has 2 nitrogen and oxygen atoms in total. The van der Waals surface area contributed by atoms with Gasteiger partial charge in [-0.1, -0.05) is 24.3 Å². The van der Waals surface area contributed by atoms with E-state index >= 15 is 0 Å². The molecule has 0 N–H and O–H groups in total. The highest BCUT2D eigenvalue weighted by Crippen LogP contribution is 2.39. The maximum absolute atomic E-state index is 2.39. The molecule has 8 aromatic rings. The van der Waals surface area contributed by atoms with Crippen LogP contribution in [-0.4, -0.2) is 9.13 Å². The van der Waals surface area contributed by atoms with Crippen LogP contribution in [0.25, 0.3) is 75.3 Å². The van der Waals surface area contributed by atoms with E-state index in [9.17, 15) is 0 Å². The van der Waals surface area contributed by atoms with Crippen molar-refractivity contribution in [3.8, 4) is 21.1 Å². The zero-order chi connectivity index (χ0) is 25.7. The third-order valence-electron chi connectivity index (χ3n) is 8.14. The zero-order valence-electron chi connectivity index (χ0n) is 21.8. The normalized spacial score (nSPS) is 12.2. The van der Waals surface area contributed by atoms with Gasteiger partial charge in [0.1, 0.15) is 0 Å². The molecule has 0 bridgehead atoms. The van der Waals surface area contributed by atoms with Crippen molar-refractivity contribution < 1.29 is 0 Å². The van der Waals surface area contributed by atoms with Crippen LogP contribution in [0, 0.1) is 13.8 Å². The second-order valence-corrected chi connectivity index (χ2v) is 13.1. The van der Waals surface area contributed by atoms with Crippen LogP contribution in [0.2, 0.25) is 0 Å². The first-order valence-electron chi connectivity index (χ1n) is 13.0. The molecule has 38 heavy (non-hydrogen) atoms. The van der Waals surface area contributed by atoms with E-state index < -0.39 is 0 Å². The minimum atomic E-state index is 1.28. The molecule has 0 saturated carbocycles. The van der Waals surface area contributed by atoms with E-state index in [-0.39, 0.29) is 0 Å². The van der Waals surface area contributed by atoms with Crippen LogP contribution in [0.15, 0.2) is 84.9 Å². The average molecular weight is 527 g/mol. The molecule has 4 aromatic carbocycles. The van der Waals surface area contributed by atoms with E-state index in [1.165, 1.54) is 85.0 Å². The van der Waals surface area contributed by atoms with E-state index in [4.69, 9.17) is 0 Å². The summed E-state index contributed by atoms with van der Waals surface area (Å²) < 4.78 is 4.70. The molecule has 0 aliphatic heterocycles. The third-order valence-corrected chi connectivity index (χ3v) is 10.2. The smallest absolute Gasteiger partial charge is 0.0590 e. The first-order valence-corrected chi connectivity index (χ1v) is 14.6. The Morgan fingerprint density at radius 1 is 0.447 bits per heavy atom. The van der Waals surface area contributed by atoms with Gasteiger partial charge in [0.2, 0.25) is 0 Å². The number of hydrogen-bond donors (Lipinski definition) is 0. The Morgan fingerprint density at radius 3 is 1.29 bits per heavy atom. The summed E-state index contributed by atoms with van der Waals surface area (Å²) in [6, 6.07) is 32.3. The summed E-state index contributed by atoms with van der Waals surface area (Å²) in [6.07, 6.45) is 0. The van der Waals surface area contributed by atoms with Gasteiger partial charge in [-0.05, 0) is 107 Å². The van der Waals surface area contributed by atoms with Gasteiger partial charge in [0.25, 0.3) is 0 Å². The highest BCUT2D eigenvalue weighted by atomic mass is 32.1. The lowest BCUT2D eigenvalue weighted by Gasteiger charge is -2.10. The van der Waals surface area contributed by atoms with Crippen LogP contribution in [0.1, 0.15) is 9.75 Å². The number of aryl methyl sites for hydroxylation is 4. The number of hydrogen-bond acceptors (Lipinski definition) is 2. The molecule has 0 aliphatic rings. The molecule has 0 atom stereocenters. The fraction of sp³-hybridized carbons (Fsp3) is 0.118. The quantitative estimate of drug-likeness (QED) is 0.198. The summed E-state index contributed by atoms with van der Waals surface area (Å²) in [5, 5.41) is 10.4. The van der Waals surface area contributed by atoms with E-state index in [1.807, 2.05) is 22.7 Å². The maximum atomic E-state index is 2.39. The Bertz CT molecular complexity index is 2070. The van der Waals surface area contributed by atoms with E-state index in [0.29, 0.717) is 0 Å². The van der Waals surface area contributed by atoms with E-state index in [0.717, 1.165) is 0 Å². The Morgan fingerprint density at radius 2 is 0.895 bits per heavy atom. The Kier molecular flexibility index (Phi) is 4.56. The second kappa shape index (κ2) is 7.83. The molecule has 0 spiro atoms. The highest BCUT2D eigenvalue weighted by Gasteiger charge is 2.15. The number of rotatable bonds is 2. The van der Waals surface area contributed by atoms with E-state index in [2.05, 4.69) is 122 Å². The van der Waals surface area contributed by atoms with Crippen molar-refractivity contribution in [3.05, 3.63) is 94.7 Å². The number of benzene rings is 4. The molecule has 4 heteroatoms. The molecule has 0 aliphatic carbocycles. The fourth-order valence-corrected chi connectivity index (χ4v) is 8.00. The molecule has 0 fully saturated rings. The number of fused-ring (bicyclic) bond motifs is 7. The van der Waals surface area contributed by atoms with Crippen LogP contribution in [0.5, 0.6) is 0 Å². The third kappa shape index (κ3) is 3.11. The summed E-state index contributed by atoms with van der Waals surface area (Å²) in [5.74, 6) is 0. The first kappa shape index (κ1) is 22.2. The molecule has 0 radical (unpaired) electrons. The predicted molar refractivity (Wildman–Crippen MR) is 168 cm³/mol. The molecule has 4 aromatic heterocycles. The summed E-state index contributed by atoms with van der Waals surface area (Å²) in [6.45, 7) is 4.35. The van der Waals surface area contributed by atoms with Crippen LogP contribution in [0.4, 0.5) is 0 Å². The molecule has 4 heterocycles. The molecule has 184 valence electrons. The van der Waals surface area contributed by atoms with Crippen molar-refractivity contribution in [2.75, 3.05) is 0 Å². The highest BCUT2D eigenvalue weighted by molar-refractivity contribution is 7.15. The summed E-state index contributed by atoms with van der Waals surface area (Å²) in [5.41, 5.74) is 5.12. The van der Waals surface area contributed by atoms with E-state index in [1.54, 1.807) is 0 Å². The van der Waals surface area contributed by atoms with Gasteiger partial charge in [-0.2, -0.15) is 0 Å².